The van der Waals surface area contributed by atoms with Gasteiger partial charge in [-0.2, -0.15) is 0 Å². The number of allylic oxidation sites excluding steroid dienone is 3. The number of hydrogen-bond donors (Lipinski definition) is 3. The van der Waals surface area contributed by atoms with Gasteiger partial charge in [0.15, 0.2) is 0 Å². The molecule has 0 saturated carbocycles. The minimum atomic E-state index is -0.848. The highest BCUT2D eigenvalue weighted by molar-refractivity contribution is 5.76. The molecule has 0 aromatic rings. The van der Waals surface area contributed by atoms with E-state index in [9.17, 15) is 19.8 Å². The minimum absolute atomic E-state index is 0.00678. The van der Waals surface area contributed by atoms with Crippen molar-refractivity contribution >= 4 is 11.9 Å². The van der Waals surface area contributed by atoms with E-state index in [-0.39, 0.29) is 18.5 Å². The molecule has 0 rings (SSSR count). The quantitative estimate of drug-likeness (QED) is 0.0320. The van der Waals surface area contributed by atoms with Crippen molar-refractivity contribution in [2.75, 3.05) is 13.2 Å². The van der Waals surface area contributed by atoms with Gasteiger partial charge in [-0.1, -0.05) is 314 Å². The monoisotopic (exact) mass is 1010 g/mol. The summed E-state index contributed by atoms with van der Waals surface area (Å²) in [5, 5.41) is 23.2. The molecular weight excluding hydrogens is 887 g/mol. The highest BCUT2D eigenvalue weighted by Gasteiger charge is 2.18. The van der Waals surface area contributed by atoms with Crippen LogP contribution >= 0.6 is 0 Å². The van der Waals surface area contributed by atoms with E-state index >= 15 is 0 Å². The Hall–Kier alpha value is -1.66. The van der Waals surface area contributed by atoms with Gasteiger partial charge in [-0.3, -0.25) is 9.59 Å². The van der Waals surface area contributed by atoms with E-state index in [2.05, 4.69) is 31.3 Å². The molecule has 3 N–H and O–H groups in total. The topological polar surface area (TPSA) is 95.9 Å². The Morgan fingerprint density at radius 2 is 0.653 bits per heavy atom. The molecule has 72 heavy (non-hydrogen) atoms. The molecule has 6 heteroatoms. The van der Waals surface area contributed by atoms with Gasteiger partial charge in [-0.05, 0) is 57.8 Å². The summed E-state index contributed by atoms with van der Waals surface area (Å²) < 4.78 is 5.50. The van der Waals surface area contributed by atoms with Gasteiger partial charge in [0.05, 0.1) is 25.4 Å². The Balaban J connectivity index is 3.41. The fourth-order valence-corrected chi connectivity index (χ4v) is 10.2. The summed E-state index contributed by atoms with van der Waals surface area (Å²) in [7, 11) is 0. The van der Waals surface area contributed by atoms with Crippen molar-refractivity contribution in [3.05, 3.63) is 24.3 Å². The van der Waals surface area contributed by atoms with E-state index in [1.54, 1.807) is 6.08 Å². The van der Waals surface area contributed by atoms with Crippen molar-refractivity contribution in [2.45, 2.75) is 373 Å². The summed E-state index contributed by atoms with van der Waals surface area (Å²) in [5.41, 5.74) is 0. The van der Waals surface area contributed by atoms with Gasteiger partial charge >= 0.3 is 5.97 Å². The Morgan fingerprint density at radius 3 is 0.986 bits per heavy atom. The summed E-state index contributed by atoms with van der Waals surface area (Å²) in [6.07, 6.45) is 76.5. The van der Waals surface area contributed by atoms with Gasteiger partial charge in [0.2, 0.25) is 5.91 Å². The van der Waals surface area contributed by atoms with Crippen LogP contribution in [-0.2, 0) is 14.3 Å². The number of hydrogen-bond acceptors (Lipinski definition) is 5. The van der Waals surface area contributed by atoms with Crippen LogP contribution in [0.2, 0.25) is 0 Å². The smallest absolute Gasteiger partial charge is 0.305 e. The van der Waals surface area contributed by atoms with Crippen LogP contribution in [0.25, 0.3) is 0 Å². The summed E-state index contributed by atoms with van der Waals surface area (Å²) in [5.74, 6) is -0.0623. The first kappa shape index (κ1) is 70.3. The zero-order chi connectivity index (χ0) is 52.2. The van der Waals surface area contributed by atoms with Crippen LogP contribution in [0.3, 0.4) is 0 Å². The molecular formula is C66H127NO5. The van der Waals surface area contributed by atoms with Gasteiger partial charge in [0, 0.05) is 12.8 Å². The number of amides is 1. The van der Waals surface area contributed by atoms with Crippen molar-refractivity contribution in [3.8, 4) is 0 Å². The van der Waals surface area contributed by atoms with E-state index in [1.807, 2.05) is 6.08 Å². The number of aliphatic hydroxyl groups is 2. The highest BCUT2D eigenvalue weighted by atomic mass is 16.5. The number of carbonyl (C=O) groups excluding carboxylic acids is 2. The van der Waals surface area contributed by atoms with Crippen LogP contribution in [0.4, 0.5) is 0 Å². The van der Waals surface area contributed by atoms with Crippen LogP contribution in [0.15, 0.2) is 24.3 Å². The van der Waals surface area contributed by atoms with Crippen molar-refractivity contribution in [1.82, 2.24) is 5.32 Å². The SMILES string of the molecule is CCCCCCCC/C=C\CCCCCCCCCCCC(=O)OCCCCCCCCCCCCCCCCCCCCC(=O)NC(CO)C(O)/C=C/CCCCCCCCCCCCCCCCCC. The molecule has 0 aliphatic rings. The van der Waals surface area contributed by atoms with E-state index in [0.717, 1.165) is 44.9 Å². The standard InChI is InChI=1S/C66H127NO5/c1-3-5-7-9-11-13-15-17-19-21-23-28-32-36-40-44-48-52-56-60-66(71)72-61-57-53-49-45-41-37-33-29-25-24-27-31-35-39-43-47-51-55-59-65(70)67-63(62-68)64(69)58-54-50-46-42-38-34-30-26-22-20-18-16-14-12-10-8-6-4-2/h17,19,54,58,63-64,68-69H,3-16,18,20-53,55-57,59-62H2,1-2H3,(H,67,70)/b19-17-,58-54+. The summed E-state index contributed by atoms with van der Waals surface area (Å²) in [6.45, 7) is 4.92. The molecule has 0 fully saturated rings. The van der Waals surface area contributed by atoms with Crippen LogP contribution < -0.4 is 5.32 Å². The van der Waals surface area contributed by atoms with Crippen molar-refractivity contribution in [3.63, 3.8) is 0 Å². The predicted octanol–water partition coefficient (Wildman–Crippen LogP) is 20.6. The molecule has 426 valence electrons. The zero-order valence-corrected chi connectivity index (χ0v) is 48.7. The van der Waals surface area contributed by atoms with Gasteiger partial charge in [0.1, 0.15) is 0 Å². The second kappa shape index (κ2) is 61.9. The van der Waals surface area contributed by atoms with Gasteiger partial charge < -0.3 is 20.3 Å². The Kier molecular flexibility index (Phi) is 60.5. The summed E-state index contributed by atoms with van der Waals surface area (Å²) in [6, 6.07) is -0.631. The molecule has 6 nitrogen and oxygen atoms in total. The molecule has 0 aromatic heterocycles. The first-order valence-corrected chi connectivity index (χ1v) is 32.6. The van der Waals surface area contributed by atoms with Gasteiger partial charge in [-0.25, -0.2) is 0 Å². The molecule has 2 atom stereocenters. The van der Waals surface area contributed by atoms with E-state index in [0.29, 0.717) is 19.4 Å². The zero-order valence-electron chi connectivity index (χ0n) is 48.7. The van der Waals surface area contributed by atoms with Gasteiger partial charge in [-0.15, -0.1) is 0 Å². The largest absolute Gasteiger partial charge is 0.466 e. The van der Waals surface area contributed by atoms with E-state index in [4.69, 9.17) is 4.74 Å². The van der Waals surface area contributed by atoms with E-state index < -0.39 is 12.1 Å². The summed E-state index contributed by atoms with van der Waals surface area (Å²) >= 11 is 0. The van der Waals surface area contributed by atoms with Crippen molar-refractivity contribution < 1.29 is 24.5 Å². The highest BCUT2D eigenvalue weighted by Crippen LogP contribution is 2.18. The first-order chi connectivity index (χ1) is 35.5. The minimum Gasteiger partial charge on any atom is -0.466 e. The number of unbranched alkanes of at least 4 members (excludes halogenated alkanes) is 48. The lowest BCUT2D eigenvalue weighted by molar-refractivity contribution is -0.143. The predicted molar refractivity (Wildman–Crippen MR) is 315 cm³/mol. The van der Waals surface area contributed by atoms with Crippen LogP contribution in [0, 0.1) is 0 Å². The molecule has 0 bridgehead atoms. The second-order valence-corrected chi connectivity index (χ2v) is 22.5. The Labute approximate surface area is 450 Å². The molecule has 1 amide bonds. The molecule has 0 spiro atoms. The van der Waals surface area contributed by atoms with Crippen molar-refractivity contribution in [1.29, 1.82) is 0 Å². The average Bonchev–Trinajstić information content (AvgIpc) is 3.38. The fourth-order valence-electron chi connectivity index (χ4n) is 10.2. The molecule has 0 saturated heterocycles. The first-order valence-electron chi connectivity index (χ1n) is 32.6. The number of esters is 1. The maximum atomic E-state index is 12.5. The molecule has 2 unspecified atom stereocenters. The third-order valence-electron chi connectivity index (χ3n) is 15.2. The van der Waals surface area contributed by atoms with E-state index in [1.165, 1.54) is 289 Å². The molecule has 0 aliphatic carbocycles. The van der Waals surface area contributed by atoms with Crippen molar-refractivity contribution in [2.24, 2.45) is 0 Å². The lowest BCUT2D eigenvalue weighted by Crippen LogP contribution is -2.45. The molecule has 0 heterocycles. The number of ether oxygens (including phenoxy) is 1. The third-order valence-corrected chi connectivity index (χ3v) is 15.2. The van der Waals surface area contributed by atoms with Crippen LogP contribution in [0.1, 0.15) is 361 Å². The fraction of sp³-hybridized carbons (Fsp3) is 0.909. The number of aliphatic hydroxyl groups excluding tert-OH is 2. The number of nitrogens with one attached hydrogen (secondary N) is 1. The molecule has 0 aliphatic heterocycles. The normalized spacial score (nSPS) is 12.7. The maximum absolute atomic E-state index is 12.5. The number of carbonyl (C=O) groups is 2. The Morgan fingerprint density at radius 1 is 0.375 bits per heavy atom. The lowest BCUT2D eigenvalue weighted by atomic mass is 10.0. The third kappa shape index (κ3) is 57.6. The summed E-state index contributed by atoms with van der Waals surface area (Å²) in [4.78, 5) is 24.6. The van der Waals surface area contributed by atoms with Gasteiger partial charge in [0.25, 0.3) is 0 Å². The molecule has 0 aromatic carbocycles. The van der Waals surface area contributed by atoms with Crippen LogP contribution in [-0.4, -0.2) is 47.4 Å². The second-order valence-electron chi connectivity index (χ2n) is 22.5. The Bertz CT molecular complexity index is 1120. The van der Waals surface area contributed by atoms with Crippen LogP contribution in [0.5, 0.6) is 0 Å². The average molecular weight is 1010 g/mol. The number of rotatable bonds is 61. The maximum Gasteiger partial charge on any atom is 0.305 e. The lowest BCUT2D eigenvalue weighted by Gasteiger charge is -2.20. The molecule has 0 radical (unpaired) electrons.